The lowest BCUT2D eigenvalue weighted by atomic mass is 10.1. The molecule has 2 aromatic rings. The average Bonchev–Trinajstić information content (AvgIpc) is 3.01. The molecule has 0 saturated carbocycles. The Balaban J connectivity index is 1.75. The van der Waals surface area contributed by atoms with E-state index in [1.807, 2.05) is 19.1 Å². The van der Waals surface area contributed by atoms with Gasteiger partial charge in [0.15, 0.2) is 0 Å². The highest BCUT2D eigenvalue weighted by Crippen LogP contribution is 2.33. The second-order valence-corrected chi connectivity index (χ2v) is 7.11. The molecule has 1 unspecified atom stereocenters. The molecule has 0 spiro atoms. The van der Waals surface area contributed by atoms with E-state index in [0.717, 1.165) is 46.6 Å². The van der Waals surface area contributed by atoms with Gasteiger partial charge in [-0.25, -0.2) is 4.98 Å². The minimum atomic E-state index is 0.271. The lowest BCUT2D eigenvalue weighted by molar-refractivity contribution is 0.352. The molecule has 0 radical (unpaired) electrons. The Morgan fingerprint density at radius 3 is 2.95 bits per heavy atom. The fourth-order valence-electron chi connectivity index (χ4n) is 2.78. The van der Waals surface area contributed by atoms with Crippen LogP contribution in [0.2, 0.25) is 5.02 Å². The standard InChI is InChI=1S/C16H19ClN2OS/c1-9(16-10(2)19-11(3)21-16)18-8-13-7-14(17)6-12-4-5-20-15(12)13/h6-7,9,18H,4-5,8H2,1-3H3. The zero-order valence-electron chi connectivity index (χ0n) is 12.5. The van der Waals surface area contributed by atoms with Crippen molar-refractivity contribution in [3.63, 3.8) is 0 Å². The van der Waals surface area contributed by atoms with Crippen molar-refractivity contribution in [2.24, 2.45) is 0 Å². The number of halogens is 1. The first kappa shape index (κ1) is 14.8. The summed E-state index contributed by atoms with van der Waals surface area (Å²) in [6.45, 7) is 7.79. The molecule has 1 aromatic heterocycles. The van der Waals surface area contributed by atoms with Gasteiger partial charge in [0, 0.05) is 34.5 Å². The highest BCUT2D eigenvalue weighted by atomic mass is 35.5. The number of nitrogens with one attached hydrogen (secondary N) is 1. The number of rotatable bonds is 4. The summed E-state index contributed by atoms with van der Waals surface area (Å²) >= 11 is 7.95. The van der Waals surface area contributed by atoms with Crippen molar-refractivity contribution in [3.05, 3.63) is 43.9 Å². The first-order valence-electron chi connectivity index (χ1n) is 7.16. The van der Waals surface area contributed by atoms with Crippen LogP contribution in [-0.4, -0.2) is 11.6 Å². The first-order chi connectivity index (χ1) is 10.0. The fourth-order valence-corrected chi connectivity index (χ4v) is 4.00. The Morgan fingerprint density at radius 1 is 1.43 bits per heavy atom. The molecular formula is C16H19ClN2OS. The van der Waals surface area contributed by atoms with Crippen LogP contribution < -0.4 is 10.1 Å². The van der Waals surface area contributed by atoms with Crippen molar-refractivity contribution in [1.82, 2.24) is 10.3 Å². The molecule has 2 heterocycles. The Hall–Kier alpha value is -1.10. The molecule has 1 aliphatic heterocycles. The summed E-state index contributed by atoms with van der Waals surface area (Å²) in [5.74, 6) is 1.01. The van der Waals surface area contributed by atoms with Gasteiger partial charge in [-0.15, -0.1) is 11.3 Å². The van der Waals surface area contributed by atoms with Crippen LogP contribution in [0, 0.1) is 13.8 Å². The smallest absolute Gasteiger partial charge is 0.127 e. The number of hydrogen-bond acceptors (Lipinski definition) is 4. The van der Waals surface area contributed by atoms with Gasteiger partial charge in [-0.1, -0.05) is 11.6 Å². The van der Waals surface area contributed by atoms with E-state index in [1.54, 1.807) is 11.3 Å². The monoisotopic (exact) mass is 322 g/mol. The van der Waals surface area contributed by atoms with E-state index in [0.29, 0.717) is 0 Å². The van der Waals surface area contributed by atoms with Gasteiger partial charge in [0.25, 0.3) is 0 Å². The molecule has 0 saturated heterocycles. The van der Waals surface area contributed by atoms with Gasteiger partial charge in [-0.05, 0) is 38.5 Å². The van der Waals surface area contributed by atoms with Crippen molar-refractivity contribution in [2.75, 3.05) is 6.61 Å². The molecular weight excluding hydrogens is 304 g/mol. The predicted octanol–water partition coefficient (Wildman–Crippen LogP) is 4.20. The molecule has 0 amide bonds. The third kappa shape index (κ3) is 3.07. The van der Waals surface area contributed by atoms with Gasteiger partial charge in [0.05, 0.1) is 17.3 Å². The topological polar surface area (TPSA) is 34.2 Å². The lowest BCUT2D eigenvalue weighted by Gasteiger charge is -2.15. The van der Waals surface area contributed by atoms with Crippen molar-refractivity contribution >= 4 is 22.9 Å². The van der Waals surface area contributed by atoms with Crippen LogP contribution in [0.1, 0.15) is 39.7 Å². The quantitative estimate of drug-likeness (QED) is 0.916. The van der Waals surface area contributed by atoms with Gasteiger partial charge in [0.2, 0.25) is 0 Å². The minimum absolute atomic E-state index is 0.271. The van der Waals surface area contributed by atoms with E-state index in [-0.39, 0.29) is 6.04 Å². The minimum Gasteiger partial charge on any atom is -0.493 e. The van der Waals surface area contributed by atoms with Crippen LogP contribution >= 0.6 is 22.9 Å². The van der Waals surface area contributed by atoms with E-state index in [4.69, 9.17) is 16.3 Å². The molecule has 1 N–H and O–H groups in total. The van der Waals surface area contributed by atoms with Crippen molar-refractivity contribution in [3.8, 4) is 5.75 Å². The first-order valence-corrected chi connectivity index (χ1v) is 8.35. The van der Waals surface area contributed by atoms with Crippen LogP contribution in [0.5, 0.6) is 5.75 Å². The van der Waals surface area contributed by atoms with Gasteiger partial charge < -0.3 is 10.1 Å². The molecule has 3 rings (SSSR count). The maximum absolute atomic E-state index is 6.20. The van der Waals surface area contributed by atoms with Crippen LogP contribution in [0.15, 0.2) is 12.1 Å². The highest BCUT2D eigenvalue weighted by molar-refractivity contribution is 7.11. The third-order valence-electron chi connectivity index (χ3n) is 3.76. The Kier molecular flexibility index (Phi) is 4.20. The Bertz CT molecular complexity index is 669. The van der Waals surface area contributed by atoms with Crippen LogP contribution in [0.25, 0.3) is 0 Å². The molecule has 1 aliphatic rings. The molecule has 112 valence electrons. The maximum atomic E-state index is 6.20. The number of aryl methyl sites for hydroxylation is 2. The zero-order chi connectivity index (χ0) is 15.0. The molecule has 0 bridgehead atoms. The molecule has 21 heavy (non-hydrogen) atoms. The van der Waals surface area contributed by atoms with E-state index in [2.05, 4.69) is 24.1 Å². The number of nitrogens with zero attached hydrogens (tertiary/aromatic N) is 1. The van der Waals surface area contributed by atoms with E-state index in [9.17, 15) is 0 Å². The highest BCUT2D eigenvalue weighted by Gasteiger charge is 2.19. The van der Waals surface area contributed by atoms with Gasteiger partial charge in [0.1, 0.15) is 5.75 Å². The largest absolute Gasteiger partial charge is 0.493 e. The number of thiazole rings is 1. The second kappa shape index (κ2) is 5.95. The van der Waals surface area contributed by atoms with Crippen molar-refractivity contribution < 1.29 is 4.74 Å². The van der Waals surface area contributed by atoms with Crippen molar-refractivity contribution in [1.29, 1.82) is 0 Å². The molecule has 1 atom stereocenters. The van der Waals surface area contributed by atoms with Crippen LogP contribution in [0.3, 0.4) is 0 Å². The maximum Gasteiger partial charge on any atom is 0.127 e. The number of benzene rings is 1. The summed E-state index contributed by atoms with van der Waals surface area (Å²) in [7, 11) is 0. The lowest BCUT2D eigenvalue weighted by Crippen LogP contribution is -2.18. The summed E-state index contributed by atoms with van der Waals surface area (Å²) in [5, 5.41) is 5.46. The fraction of sp³-hybridized carbons (Fsp3) is 0.438. The average molecular weight is 323 g/mol. The SMILES string of the molecule is Cc1nc(C)c(C(C)NCc2cc(Cl)cc3c2OCC3)s1. The van der Waals surface area contributed by atoms with Crippen LogP contribution in [0.4, 0.5) is 0 Å². The predicted molar refractivity (Wildman–Crippen MR) is 87.5 cm³/mol. The summed E-state index contributed by atoms with van der Waals surface area (Å²) in [6, 6.07) is 4.27. The summed E-state index contributed by atoms with van der Waals surface area (Å²) in [4.78, 5) is 5.79. The molecule has 0 fully saturated rings. The normalized spacial score (nSPS) is 14.9. The molecule has 5 heteroatoms. The number of ether oxygens (including phenoxy) is 1. The number of fused-ring (bicyclic) bond motifs is 1. The molecule has 0 aliphatic carbocycles. The molecule has 1 aromatic carbocycles. The van der Waals surface area contributed by atoms with Gasteiger partial charge in [-0.3, -0.25) is 0 Å². The van der Waals surface area contributed by atoms with Gasteiger partial charge >= 0.3 is 0 Å². The van der Waals surface area contributed by atoms with Gasteiger partial charge in [-0.2, -0.15) is 0 Å². The molecule has 3 nitrogen and oxygen atoms in total. The van der Waals surface area contributed by atoms with E-state index in [1.165, 1.54) is 10.4 Å². The summed E-state index contributed by atoms with van der Waals surface area (Å²) in [5.41, 5.74) is 3.47. The Labute approximate surface area is 134 Å². The van der Waals surface area contributed by atoms with Crippen molar-refractivity contribution in [2.45, 2.75) is 39.8 Å². The zero-order valence-corrected chi connectivity index (χ0v) is 14.1. The second-order valence-electron chi connectivity index (χ2n) is 5.44. The van der Waals surface area contributed by atoms with Crippen LogP contribution in [-0.2, 0) is 13.0 Å². The third-order valence-corrected chi connectivity index (χ3v) is 5.23. The number of aromatic nitrogens is 1. The number of hydrogen-bond donors (Lipinski definition) is 1. The summed E-state index contributed by atoms with van der Waals surface area (Å²) < 4.78 is 5.74. The van der Waals surface area contributed by atoms with E-state index >= 15 is 0 Å². The summed E-state index contributed by atoms with van der Waals surface area (Å²) in [6.07, 6.45) is 0.950. The van der Waals surface area contributed by atoms with E-state index < -0.39 is 0 Å². The Morgan fingerprint density at radius 2 is 2.24 bits per heavy atom.